The molecule has 0 bridgehead atoms. The highest BCUT2D eigenvalue weighted by Crippen LogP contribution is 2.55. The lowest BCUT2D eigenvalue weighted by atomic mass is 10.0. The van der Waals surface area contributed by atoms with Gasteiger partial charge < -0.3 is 4.90 Å². The number of alkyl halides is 6. The smallest absolute Gasteiger partial charge is 0.322 e. The second-order valence-corrected chi connectivity index (χ2v) is 8.88. The number of nitrogens with zero attached hydrogens (tertiary/aromatic N) is 1. The normalized spacial score (nSPS) is 24.1. The maximum absolute atomic E-state index is 13.9. The van der Waals surface area contributed by atoms with Crippen molar-refractivity contribution in [1.29, 1.82) is 0 Å². The molecule has 1 amide bonds. The molecule has 0 unspecified atom stereocenters. The van der Waals surface area contributed by atoms with Crippen molar-refractivity contribution in [1.82, 2.24) is 4.90 Å². The number of thioether (sulfide) groups is 1. The Morgan fingerprint density at radius 1 is 0.935 bits per heavy atom. The first-order valence-electron chi connectivity index (χ1n) is 9.09. The molecule has 0 spiro atoms. The van der Waals surface area contributed by atoms with Crippen LogP contribution in [-0.4, -0.2) is 16.2 Å². The predicted octanol–water partition coefficient (Wildman–Crippen LogP) is 7.63. The molecule has 0 radical (unpaired) electrons. The van der Waals surface area contributed by atoms with E-state index in [1.807, 2.05) is 0 Å². The Balaban J connectivity index is 1.69. The van der Waals surface area contributed by atoms with Crippen molar-refractivity contribution in [2.24, 2.45) is 0 Å². The minimum Gasteiger partial charge on any atom is -0.322 e. The van der Waals surface area contributed by atoms with Crippen LogP contribution in [0.25, 0.3) is 0 Å². The molecule has 2 aliphatic heterocycles. The monoisotopic (exact) mass is 483 g/mol. The zero-order valence-corrected chi connectivity index (χ0v) is 17.0. The summed E-state index contributed by atoms with van der Waals surface area (Å²) in [4.78, 5) is 14.0. The number of carbonyl (C=O) groups is 1. The molecular weight excluding hydrogens is 471 g/mol. The van der Waals surface area contributed by atoms with Crippen LogP contribution >= 0.6 is 23.4 Å². The first-order valence-corrected chi connectivity index (χ1v) is 10.4. The zero-order chi connectivity index (χ0) is 22.7. The first-order chi connectivity index (χ1) is 14.4. The number of fused-ring (bicyclic) bond motifs is 1. The molecule has 0 aromatic heterocycles. The summed E-state index contributed by atoms with van der Waals surface area (Å²) in [5.41, 5.74) is -1.94. The lowest BCUT2D eigenvalue weighted by molar-refractivity contribution is -0.138. The minimum atomic E-state index is -4.76. The molecule has 0 aliphatic carbocycles. The van der Waals surface area contributed by atoms with Crippen LogP contribution in [0, 0.1) is 5.82 Å². The average Bonchev–Trinajstić information content (AvgIpc) is 3.21. The Bertz CT molecular complexity index is 1040. The van der Waals surface area contributed by atoms with Crippen LogP contribution in [0.15, 0.2) is 36.4 Å². The van der Waals surface area contributed by atoms with Crippen molar-refractivity contribution in [2.75, 3.05) is 0 Å². The third kappa shape index (κ3) is 4.11. The van der Waals surface area contributed by atoms with Gasteiger partial charge in [0.1, 0.15) is 5.82 Å². The number of hydrogen-bond acceptors (Lipinski definition) is 2. The van der Waals surface area contributed by atoms with Crippen LogP contribution in [0.1, 0.15) is 46.4 Å². The van der Waals surface area contributed by atoms with E-state index in [9.17, 15) is 35.5 Å². The highest BCUT2D eigenvalue weighted by atomic mass is 35.5. The van der Waals surface area contributed by atoms with E-state index in [0.29, 0.717) is 12.5 Å². The van der Waals surface area contributed by atoms with Gasteiger partial charge in [0.25, 0.3) is 5.24 Å². The average molecular weight is 484 g/mol. The molecule has 2 fully saturated rings. The largest absolute Gasteiger partial charge is 0.416 e. The molecule has 4 rings (SSSR count). The molecule has 2 saturated heterocycles. The number of hydrogen-bond donors (Lipinski definition) is 0. The molecule has 2 aromatic rings. The van der Waals surface area contributed by atoms with Gasteiger partial charge in [0.2, 0.25) is 0 Å². The Hall–Kier alpha value is -1.94. The predicted molar refractivity (Wildman–Crippen MR) is 101 cm³/mol. The SMILES string of the molecule is O=C1S[C@H](c2cc(F)cc(C(F)(F)F)c2)[C@@H]2CC[C@@H](c3cc(C(F)(F)F)ccc3Cl)N12. The summed E-state index contributed by atoms with van der Waals surface area (Å²) in [5, 5.41) is -1.22. The van der Waals surface area contributed by atoms with E-state index in [1.54, 1.807) is 0 Å². The van der Waals surface area contributed by atoms with Gasteiger partial charge in [-0.05, 0) is 60.4 Å². The Kier molecular flexibility index (Phi) is 5.44. The van der Waals surface area contributed by atoms with Crippen molar-refractivity contribution < 1.29 is 35.5 Å². The molecule has 3 atom stereocenters. The second-order valence-electron chi connectivity index (χ2n) is 7.38. The maximum atomic E-state index is 13.9. The van der Waals surface area contributed by atoms with Crippen LogP contribution in [0.4, 0.5) is 35.5 Å². The summed E-state index contributed by atoms with van der Waals surface area (Å²) in [7, 11) is 0. The van der Waals surface area contributed by atoms with E-state index in [2.05, 4.69) is 0 Å². The molecule has 0 N–H and O–H groups in total. The molecule has 11 heteroatoms. The van der Waals surface area contributed by atoms with Gasteiger partial charge in [-0.2, -0.15) is 26.3 Å². The van der Waals surface area contributed by atoms with Crippen molar-refractivity contribution in [3.63, 3.8) is 0 Å². The fourth-order valence-electron chi connectivity index (χ4n) is 4.16. The quantitative estimate of drug-likeness (QED) is 0.409. The molecule has 2 aromatic carbocycles. The van der Waals surface area contributed by atoms with Gasteiger partial charge in [0.05, 0.1) is 22.4 Å². The lowest BCUT2D eigenvalue weighted by Crippen LogP contribution is -2.30. The summed E-state index contributed by atoms with van der Waals surface area (Å²) in [6.45, 7) is 0. The van der Waals surface area contributed by atoms with E-state index in [4.69, 9.17) is 11.6 Å². The first kappa shape index (κ1) is 22.3. The van der Waals surface area contributed by atoms with Gasteiger partial charge >= 0.3 is 12.4 Å². The van der Waals surface area contributed by atoms with Gasteiger partial charge in [-0.3, -0.25) is 4.79 Å². The molecule has 0 saturated carbocycles. The van der Waals surface area contributed by atoms with E-state index in [0.717, 1.165) is 42.1 Å². The second kappa shape index (κ2) is 7.58. The minimum absolute atomic E-state index is 0.00830. The van der Waals surface area contributed by atoms with Crippen molar-refractivity contribution in [2.45, 2.75) is 42.5 Å². The summed E-state index contributed by atoms with van der Waals surface area (Å²) in [6, 6.07) is 3.65. The van der Waals surface area contributed by atoms with Crippen molar-refractivity contribution in [3.8, 4) is 0 Å². The molecule has 2 heterocycles. The van der Waals surface area contributed by atoms with Crippen LogP contribution in [0.5, 0.6) is 0 Å². The molecule has 31 heavy (non-hydrogen) atoms. The molecular formula is C20H13ClF7NOS. The molecule has 2 nitrogen and oxygen atoms in total. The highest BCUT2D eigenvalue weighted by molar-refractivity contribution is 8.14. The number of rotatable bonds is 2. The fourth-order valence-corrected chi connectivity index (χ4v) is 5.70. The van der Waals surface area contributed by atoms with E-state index < -0.39 is 51.9 Å². The number of benzene rings is 2. The van der Waals surface area contributed by atoms with Crippen molar-refractivity contribution >= 4 is 28.6 Å². The van der Waals surface area contributed by atoms with Gasteiger partial charge in [0, 0.05) is 11.1 Å². The summed E-state index contributed by atoms with van der Waals surface area (Å²) in [6.07, 6.45) is -8.73. The van der Waals surface area contributed by atoms with Crippen LogP contribution in [0.3, 0.4) is 0 Å². The van der Waals surface area contributed by atoms with Gasteiger partial charge in [-0.25, -0.2) is 4.39 Å². The third-order valence-electron chi connectivity index (χ3n) is 5.48. The van der Waals surface area contributed by atoms with Gasteiger partial charge in [0.15, 0.2) is 0 Å². The van der Waals surface area contributed by atoms with E-state index >= 15 is 0 Å². The Morgan fingerprint density at radius 3 is 2.26 bits per heavy atom. The van der Waals surface area contributed by atoms with E-state index in [1.165, 1.54) is 4.90 Å². The highest BCUT2D eigenvalue weighted by Gasteiger charge is 2.50. The van der Waals surface area contributed by atoms with Gasteiger partial charge in [-0.1, -0.05) is 23.4 Å². The summed E-state index contributed by atoms with van der Waals surface area (Å²) in [5.74, 6) is -1.08. The summed E-state index contributed by atoms with van der Waals surface area (Å²) < 4.78 is 92.5. The zero-order valence-electron chi connectivity index (χ0n) is 15.4. The van der Waals surface area contributed by atoms with E-state index in [-0.39, 0.29) is 22.6 Å². The fraction of sp³-hybridized carbons (Fsp3) is 0.350. The third-order valence-corrected chi connectivity index (χ3v) is 7.07. The Labute approximate surface area is 181 Å². The van der Waals surface area contributed by atoms with Crippen LogP contribution in [-0.2, 0) is 12.4 Å². The van der Waals surface area contributed by atoms with Gasteiger partial charge in [-0.15, -0.1) is 0 Å². The molecule has 166 valence electrons. The van der Waals surface area contributed by atoms with Crippen LogP contribution in [0.2, 0.25) is 5.02 Å². The Morgan fingerprint density at radius 2 is 1.61 bits per heavy atom. The molecule has 2 aliphatic rings. The maximum Gasteiger partial charge on any atom is 0.416 e. The number of amides is 1. The standard InChI is InChI=1S/C20H13ClF7NOS/c21-14-2-1-10(19(23,24)25)8-13(14)15-3-4-16-17(31-18(30)29(15)16)9-5-11(20(26,27)28)7-12(22)6-9/h1-2,5-8,15-17H,3-4H2/t15-,16-,17+/m0/s1. The van der Waals surface area contributed by atoms with Crippen molar-refractivity contribution in [3.05, 3.63) is 69.5 Å². The van der Waals surface area contributed by atoms with Crippen LogP contribution < -0.4 is 0 Å². The number of halogens is 8. The summed E-state index contributed by atoms with van der Waals surface area (Å²) >= 11 is 6.86. The lowest BCUT2D eigenvalue weighted by Gasteiger charge is -2.26. The topological polar surface area (TPSA) is 20.3 Å². The number of carbonyl (C=O) groups excluding carboxylic acids is 1.